The molecule has 0 bridgehead atoms. The molecule has 3 aromatic rings. The van der Waals surface area contributed by atoms with E-state index in [0.29, 0.717) is 0 Å². The Bertz CT molecular complexity index is 845. The standard InChI is InChI=1S/C18H17ClN2OS/c1-11-9-13(7-8-17(11)22-3)16-10-23-18(21-16)20-15-6-4-5-14(19)12(15)2/h4-10H,1-3H3,(H,20,21). The van der Waals surface area contributed by atoms with Crippen molar-refractivity contribution in [2.24, 2.45) is 0 Å². The number of hydrogen-bond acceptors (Lipinski definition) is 4. The van der Waals surface area contributed by atoms with Crippen molar-refractivity contribution in [1.29, 1.82) is 0 Å². The van der Waals surface area contributed by atoms with E-state index in [1.54, 1.807) is 18.4 Å². The summed E-state index contributed by atoms with van der Waals surface area (Å²) >= 11 is 7.73. The van der Waals surface area contributed by atoms with E-state index in [1.165, 1.54) is 0 Å². The molecule has 5 heteroatoms. The lowest BCUT2D eigenvalue weighted by atomic mass is 10.1. The summed E-state index contributed by atoms with van der Waals surface area (Å²) in [6, 6.07) is 11.9. The fourth-order valence-corrected chi connectivity index (χ4v) is 3.27. The lowest BCUT2D eigenvalue weighted by Crippen LogP contribution is -1.93. The van der Waals surface area contributed by atoms with Gasteiger partial charge in [0.2, 0.25) is 0 Å². The molecule has 0 radical (unpaired) electrons. The molecule has 0 fully saturated rings. The molecule has 0 aliphatic carbocycles. The third-order valence-electron chi connectivity index (χ3n) is 3.70. The van der Waals surface area contributed by atoms with Gasteiger partial charge in [0.15, 0.2) is 5.13 Å². The lowest BCUT2D eigenvalue weighted by molar-refractivity contribution is 0.412. The van der Waals surface area contributed by atoms with Crippen molar-refractivity contribution in [2.45, 2.75) is 13.8 Å². The van der Waals surface area contributed by atoms with Crippen LogP contribution in [0.3, 0.4) is 0 Å². The van der Waals surface area contributed by atoms with Gasteiger partial charge < -0.3 is 10.1 Å². The molecule has 23 heavy (non-hydrogen) atoms. The summed E-state index contributed by atoms with van der Waals surface area (Å²) in [5.74, 6) is 0.886. The highest BCUT2D eigenvalue weighted by Gasteiger charge is 2.09. The van der Waals surface area contributed by atoms with Crippen molar-refractivity contribution in [3.63, 3.8) is 0 Å². The highest BCUT2D eigenvalue weighted by molar-refractivity contribution is 7.14. The van der Waals surface area contributed by atoms with Gasteiger partial charge in [0.25, 0.3) is 0 Å². The monoisotopic (exact) mass is 344 g/mol. The first-order valence-electron chi connectivity index (χ1n) is 7.21. The van der Waals surface area contributed by atoms with E-state index in [9.17, 15) is 0 Å². The predicted molar refractivity (Wildman–Crippen MR) is 98.3 cm³/mol. The van der Waals surface area contributed by atoms with Crippen LogP contribution in [-0.4, -0.2) is 12.1 Å². The second-order valence-corrected chi connectivity index (χ2v) is 6.52. The maximum absolute atomic E-state index is 6.16. The molecule has 1 heterocycles. The van der Waals surface area contributed by atoms with Gasteiger partial charge in [0.1, 0.15) is 5.75 Å². The average Bonchev–Trinajstić information content (AvgIpc) is 3.00. The number of rotatable bonds is 4. The van der Waals surface area contributed by atoms with Gasteiger partial charge >= 0.3 is 0 Å². The van der Waals surface area contributed by atoms with Gasteiger partial charge in [-0.25, -0.2) is 4.98 Å². The molecule has 3 rings (SSSR count). The molecule has 1 N–H and O–H groups in total. The van der Waals surface area contributed by atoms with Crippen molar-refractivity contribution in [2.75, 3.05) is 12.4 Å². The fourth-order valence-electron chi connectivity index (χ4n) is 2.36. The molecule has 1 aromatic heterocycles. The van der Waals surface area contributed by atoms with Crippen LogP contribution in [0.1, 0.15) is 11.1 Å². The van der Waals surface area contributed by atoms with Crippen LogP contribution in [0, 0.1) is 13.8 Å². The minimum atomic E-state index is 0.748. The van der Waals surface area contributed by atoms with Crippen molar-refractivity contribution >= 4 is 33.8 Å². The maximum Gasteiger partial charge on any atom is 0.187 e. The van der Waals surface area contributed by atoms with E-state index in [0.717, 1.165) is 44.0 Å². The number of ether oxygens (including phenoxy) is 1. The SMILES string of the molecule is COc1ccc(-c2csc(Nc3cccc(Cl)c3C)n2)cc1C. The zero-order valence-electron chi connectivity index (χ0n) is 13.2. The number of aromatic nitrogens is 1. The van der Waals surface area contributed by atoms with Gasteiger partial charge in [0, 0.05) is 21.7 Å². The average molecular weight is 345 g/mol. The van der Waals surface area contributed by atoms with Crippen molar-refractivity contribution < 1.29 is 4.74 Å². The molecule has 0 saturated heterocycles. The Kier molecular flexibility index (Phi) is 4.55. The van der Waals surface area contributed by atoms with Gasteiger partial charge in [0.05, 0.1) is 12.8 Å². The highest BCUT2D eigenvalue weighted by Crippen LogP contribution is 2.31. The molecule has 3 nitrogen and oxygen atoms in total. The molecule has 0 amide bonds. The van der Waals surface area contributed by atoms with Crippen LogP contribution in [-0.2, 0) is 0 Å². The molecule has 0 aliphatic rings. The number of nitrogens with one attached hydrogen (secondary N) is 1. The number of methoxy groups -OCH3 is 1. The Balaban J connectivity index is 1.86. The van der Waals surface area contributed by atoms with E-state index in [1.807, 2.05) is 49.6 Å². The van der Waals surface area contributed by atoms with Crippen molar-refractivity contribution in [3.05, 3.63) is 57.9 Å². The molecular weight excluding hydrogens is 328 g/mol. The zero-order valence-corrected chi connectivity index (χ0v) is 14.8. The summed E-state index contributed by atoms with van der Waals surface area (Å²) in [6.07, 6.45) is 0. The van der Waals surface area contributed by atoms with Crippen LogP contribution in [0.2, 0.25) is 5.02 Å². The normalized spacial score (nSPS) is 10.6. The second-order valence-electron chi connectivity index (χ2n) is 5.26. The van der Waals surface area contributed by atoms with Gasteiger partial charge in [-0.3, -0.25) is 0 Å². The first kappa shape index (κ1) is 15.8. The summed E-state index contributed by atoms with van der Waals surface area (Å²) in [6.45, 7) is 4.02. The van der Waals surface area contributed by atoms with E-state index in [2.05, 4.69) is 16.4 Å². The first-order chi connectivity index (χ1) is 11.1. The fraction of sp³-hybridized carbons (Fsp3) is 0.167. The Morgan fingerprint density at radius 3 is 2.74 bits per heavy atom. The summed E-state index contributed by atoms with van der Waals surface area (Å²) in [7, 11) is 1.68. The number of benzene rings is 2. The van der Waals surface area contributed by atoms with E-state index in [4.69, 9.17) is 16.3 Å². The Hall–Kier alpha value is -2.04. The Labute approximate surface area is 144 Å². The van der Waals surface area contributed by atoms with Crippen LogP contribution in [0.4, 0.5) is 10.8 Å². The molecule has 0 aliphatic heterocycles. The topological polar surface area (TPSA) is 34.1 Å². The van der Waals surface area contributed by atoms with Crippen LogP contribution in [0.5, 0.6) is 5.75 Å². The highest BCUT2D eigenvalue weighted by atomic mass is 35.5. The zero-order chi connectivity index (χ0) is 16.4. The lowest BCUT2D eigenvalue weighted by Gasteiger charge is -2.08. The Morgan fingerprint density at radius 2 is 2.00 bits per heavy atom. The minimum absolute atomic E-state index is 0.748. The van der Waals surface area contributed by atoms with E-state index < -0.39 is 0 Å². The van der Waals surface area contributed by atoms with Crippen LogP contribution in [0.25, 0.3) is 11.3 Å². The van der Waals surface area contributed by atoms with Crippen molar-refractivity contribution in [1.82, 2.24) is 4.98 Å². The van der Waals surface area contributed by atoms with Gasteiger partial charge in [-0.2, -0.15) is 0 Å². The largest absolute Gasteiger partial charge is 0.496 e. The third kappa shape index (κ3) is 3.33. The van der Waals surface area contributed by atoms with Crippen LogP contribution >= 0.6 is 22.9 Å². The number of nitrogens with zero attached hydrogens (tertiary/aromatic N) is 1. The summed E-state index contributed by atoms with van der Waals surface area (Å²) < 4.78 is 5.30. The maximum atomic E-state index is 6.16. The molecule has 2 aromatic carbocycles. The quantitative estimate of drug-likeness (QED) is 0.646. The number of aryl methyl sites for hydroxylation is 1. The van der Waals surface area contributed by atoms with Gasteiger partial charge in [-0.1, -0.05) is 17.7 Å². The van der Waals surface area contributed by atoms with E-state index in [-0.39, 0.29) is 0 Å². The molecule has 0 saturated carbocycles. The Morgan fingerprint density at radius 1 is 1.17 bits per heavy atom. The van der Waals surface area contributed by atoms with Crippen molar-refractivity contribution in [3.8, 4) is 17.0 Å². The van der Waals surface area contributed by atoms with Crippen LogP contribution in [0.15, 0.2) is 41.8 Å². The molecule has 118 valence electrons. The molecular formula is C18H17ClN2OS. The van der Waals surface area contributed by atoms with E-state index >= 15 is 0 Å². The number of thiazole rings is 1. The number of anilines is 2. The summed E-state index contributed by atoms with van der Waals surface area (Å²) in [5.41, 5.74) is 5.12. The number of hydrogen-bond donors (Lipinski definition) is 1. The molecule has 0 spiro atoms. The first-order valence-corrected chi connectivity index (χ1v) is 8.47. The summed E-state index contributed by atoms with van der Waals surface area (Å²) in [4.78, 5) is 4.67. The smallest absolute Gasteiger partial charge is 0.187 e. The van der Waals surface area contributed by atoms with Gasteiger partial charge in [-0.15, -0.1) is 11.3 Å². The third-order valence-corrected chi connectivity index (χ3v) is 4.87. The predicted octanol–water partition coefficient (Wildman–Crippen LogP) is 5.83. The second kappa shape index (κ2) is 6.60. The minimum Gasteiger partial charge on any atom is -0.496 e. The molecule has 0 atom stereocenters. The van der Waals surface area contributed by atoms with Crippen LogP contribution < -0.4 is 10.1 Å². The molecule has 0 unspecified atom stereocenters. The van der Waals surface area contributed by atoms with Gasteiger partial charge in [-0.05, 0) is 55.3 Å². The summed E-state index contributed by atoms with van der Waals surface area (Å²) in [5, 5.41) is 6.98. The number of halogens is 1.